The molecule has 5 rings (SSSR count). The molecule has 0 saturated heterocycles. The number of benzene rings is 4. The summed E-state index contributed by atoms with van der Waals surface area (Å²) >= 11 is 12.3. The smallest absolute Gasteiger partial charge is 0.163 e. The van der Waals surface area contributed by atoms with Gasteiger partial charge in [-0.3, -0.25) is 0 Å². The molecule has 0 unspecified atom stereocenters. The van der Waals surface area contributed by atoms with Gasteiger partial charge in [0.1, 0.15) is 17.3 Å². The number of nitrogens with zero attached hydrogens (tertiary/aromatic N) is 2. The summed E-state index contributed by atoms with van der Waals surface area (Å²) in [6.45, 7) is 0. The lowest BCUT2D eigenvalue weighted by Crippen LogP contribution is -1.99. The minimum absolute atomic E-state index is 0.569. The fourth-order valence-corrected chi connectivity index (χ4v) is 3.66. The van der Waals surface area contributed by atoms with Crippen molar-refractivity contribution < 1.29 is 4.74 Å². The Morgan fingerprint density at radius 3 is 2.06 bits per heavy atom. The lowest BCUT2D eigenvalue weighted by molar-refractivity contribution is 0.483. The topological polar surface area (TPSA) is 47.0 Å². The molecule has 0 radical (unpaired) electrons. The molecule has 0 spiro atoms. The summed E-state index contributed by atoms with van der Waals surface area (Å²) in [4.78, 5) is 9.49. The second-order valence-electron chi connectivity index (χ2n) is 7.10. The van der Waals surface area contributed by atoms with Crippen molar-refractivity contribution in [3.63, 3.8) is 0 Å². The molecular weight excluding hydrogens is 441 g/mol. The highest BCUT2D eigenvalue weighted by Gasteiger charge is 2.12. The van der Waals surface area contributed by atoms with E-state index in [1.54, 1.807) is 12.1 Å². The number of hydrogen-bond acceptors (Lipinski definition) is 4. The molecule has 0 bridgehead atoms. The van der Waals surface area contributed by atoms with Gasteiger partial charge in [0.05, 0.1) is 10.5 Å². The Labute approximate surface area is 195 Å². The predicted molar refractivity (Wildman–Crippen MR) is 131 cm³/mol. The van der Waals surface area contributed by atoms with Crippen LogP contribution in [-0.2, 0) is 0 Å². The van der Waals surface area contributed by atoms with Gasteiger partial charge in [0.15, 0.2) is 5.82 Å². The van der Waals surface area contributed by atoms with Gasteiger partial charge in [0, 0.05) is 21.7 Å². The van der Waals surface area contributed by atoms with Gasteiger partial charge in [-0.1, -0.05) is 47.5 Å². The molecule has 6 heteroatoms. The zero-order chi connectivity index (χ0) is 21.9. The normalized spacial score (nSPS) is 10.8. The fourth-order valence-electron chi connectivity index (χ4n) is 3.32. The molecule has 4 nitrogen and oxygen atoms in total. The van der Waals surface area contributed by atoms with Crippen LogP contribution < -0.4 is 10.1 Å². The quantitative estimate of drug-likeness (QED) is 0.289. The maximum Gasteiger partial charge on any atom is 0.163 e. The first-order valence-corrected chi connectivity index (χ1v) is 10.7. The highest BCUT2D eigenvalue weighted by molar-refractivity contribution is 6.33. The van der Waals surface area contributed by atoms with E-state index >= 15 is 0 Å². The summed E-state index contributed by atoms with van der Waals surface area (Å²) in [5.74, 6) is 2.72. The maximum atomic E-state index is 6.39. The standard InChI is InChI=1S/C26H17Cl2N3O/c27-17-9-13-19(14-10-17)32-20-15-11-18(12-16-20)29-26-22-6-2-4-8-24(22)30-25(31-26)21-5-1-3-7-23(21)28/h1-16H,(H,29,30,31). The van der Waals surface area contributed by atoms with Crippen LogP contribution in [0.1, 0.15) is 0 Å². The molecule has 1 heterocycles. The van der Waals surface area contributed by atoms with Gasteiger partial charge in [-0.25, -0.2) is 9.97 Å². The van der Waals surface area contributed by atoms with Crippen LogP contribution in [-0.4, -0.2) is 9.97 Å². The van der Waals surface area contributed by atoms with Crippen LogP contribution in [0.15, 0.2) is 97.1 Å². The molecule has 0 amide bonds. The van der Waals surface area contributed by atoms with Crippen molar-refractivity contribution in [3.8, 4) is 22.9 Å². The van der Waals surface area contributed by atoms with Crippen LogP contribution in [0.2, 0.25) is 10.0 Å². The Bertz CT molecular complexity index is 1390. The van der Waals surface area contributed by atoms with E-state index < -0.39 is 0 Å². The van der Waals surface area contributed by atoms with E-state index in [0.29, 0.717) is 21.7 Å². The number of fused-ring (bicyclic) bond motifs is 1. The molecule has 32 heavy (non-hydrogen) atoms. The molecule has 156 valence electrons. The Kier molecular flexibility index (Phi) is 5.63. The number of ether oxygens (including phenoxy) is 1. The molecule has 1 aromatic heterocycles. The molecule has 1 N–H and O–H groups in total. The van der Waals surface area contributed by atoms with E-state index in [-0.39, 0.29) is 0 Å². The van der Waals surface area contributed by atoms with E-state index in [2.05, 4.69) is 5.32 Å². The molecule has 5 aromatic rings. The molecule has 0 aliphatic carbocycles. The molecule has 0 aliphatic rings. The Hall–Kier alpha value is -3.60. The lowest BCUT2D eigenvalue weighted by atomic mass is 10.1. The van der Waals surface area contributed by atoms with Gasteiger partial charge < -0.3 is 10.1 Å². The largest absolute Gasteiger partial charge is 0.457 e. The van der Waals surface area contributed by atoms with E-state index in [4.69, 9.17) is 37.9 Å². The number of rotatable bonds is 5. The Balaban J connectivity index is 1.45. The summed E-state index contributed by atoms with van der Waals surface area (Å²) in [5.41, 5.74) is 2.50. The maximum absolute atomic E-state index is 6.39. The van der Waals surface area contributed by atoms with Gasteiger partial charge in [-0.2, -0.15) is 0 Å². The van der Waals surface area contributed by atoms with Gasteiger partial charge in [-0.15, -0.1) is 0 Å². The van der Waals surface area contributed by atoms with Crippen molar-refractivity contribution in [1.29, 1.82) is 0 Å². The van der Waals surface area contributed by atoms with Crippen LogP contribution in [0.5, 0.6) is 11.5 Å². The SMILES string of the molecule is Clc1ccc(Oc2ccc(Nc3nc(-c4ccccc4Cl)nc4ccccc34)cc2)cc1. The Morgan fingerprint density at radius 2 is 1.31 bits per heavy atom. The van der Waals surface area contributed by atoms with E-state index in [0.717, 1.165) is 33.7 Å². The molecule has 0 saturated carbocycles. The zero-order valence-electron chi connectivity index (χ0n) is 16.8. The Morgan fingerprint density at radius 1 is 0.656 bits per heavy atom. The highest BCUT2D eigenvalue weighted by Crippen LogP contribution is 2.31. The van der Waals surface area contributed by atoms with Crippen molar-refractivity contribution in [3.05, 3.63) is 107 Å². The minimum atomic E-state index is 0.569. The minimum Gasteiger partial charge on any atom is -0.457 e. The highest BCUT2D eigenvalue weighted by atomic mass is 35.5. The number of halogens is 2. The van der Waals surface area contributed by atoms with E-state index in [1.165, 1.54) is 0 Å². The fraction of sp³-hybridized carbons (Fsp3) is 0. The molecule has 0 fully saturated rings. The van der Waals surface area contributed by atoms with Crippen molar-refractivity contribution >= 4 is 45.6 Å². The molecule has 4 aromatic carbocycles. The van der Waals surface area contributed by atoms with Crippen molar-refractivity contribution in [2.24, 2.45) is 0 Å². The summed E-state index contributed by atoms with van der Waals surface area (Å²) in [7, 11) is 0. The summed E-state index contributed by atoms with van der Waals surface area (Å²) in [6.07, 6.45) is 0. The first-order valence-electron chi connectivity index (χ1n) is 9.98. The van der Waals surface area contributed by atoms with Gasteiger partial charge in [-0.05, 0) is 72.8 Å². The van der Waals surface area contributed by atoms with Crippen LogP contribution >= 0.6 is 23.2 Å². The van der Waals surface area contributed by atoms with Crippen LogP contribution in [0.4, 0.5) is 11.5 Å². The molecule has 0 aliphatic heterocycles. The number of para-hydroxylation sites is 1. The number of hydrogen-bond donors (Lipinski definition) is 1. The predicted octanol–water partition coefficient (Wildman–Crippen LogP) is 8.14. The van der Waals surface area contributed by atoms with Crippen LogP contribution in [0, 0.1) is 0 Å². The number of nitrogens with one attached hydrogen (secondary N) is 1. The monoisotopic (exact) mass is 457 g/mol. The van der Waals surface area contributed by atoms with Crippen molar-refractivity contribution in [1.82, 2.24) is 9.97 Å². The van der Waals surface area contributed by atoms with Crippen molar-refractivity contribution in [2.75, 3.05) is 5.32 Å². The summed E-state index contributed by atoms with van der Waals surface area (Å²) in [6, 6.07) is 30.4. The van der Waals surface area contributed by atoms with Crippen molar-refractivity contribution in [2.45, 2.75) is 0 Å². The van der Waals surface area contributed by atoms with Gasteiger partial charge in [0.2, 0.25) is 0 Å². The van der Waals surface area contributed by atoms with E-state index in [9.17, 15) is 0 Å². The summed E-state index contributed by atoms with van der Waals surface area (Å²) in [5, 5.41) is 5.61. The van der Waals surface area contributed by atoms with Gasteiger partial charge >= 0.3 is 0 Å². The summed E-state index contributed by atoms with van der Waals surface area (Å²) < 4.78 is 5.87. The second kappa shape index (κ2) is 8.87. The third kappa shape index (κ3) is 4.37. The zero-order valence-corrected chi connectivity index (χ0v) is 18.3. The second-order valence-corrected chi connectivity index (χ2v) is 7.94. The average Bonchev–Trinajstić information content (AvgIpc) is 2.82. The number of anilines is 2. The number of aromatic nitrogens is 2. The van der Waals surface area contributed by atoms with E-state index in [1.807, 2.05) is 84.9 Å². The molecule has 0 atom stereocenters. The first-order chi connectivity index (χ1) is 15.7. The van der Waals surface area contributed by atoms with Crippen LogP contribution in [0.3, 0.4) is 0 Å². The van der Waals surface area contributed by atoms with Crippen LogP contribution in [0.25, 0.3) is 22.3 Å². The van der Waals surface area contributed by atoms with Gasteiger partial charge in [0.25, 0.3) is 0 Å². The third-order valence-corrected chi connectivity index (χ3v) is 5.47. The lowest BCUT2D eigenvalue weighted by Gasteiger charge is -2.12. The third-order valence-electron chi connectivity index (χ3n) is 4.88. The molecular formula is C26H17Cl2N3O. The average molecular weight is 458 g/mol. The first kappa shape index (κ1) is 20.3.